The lowest BCUT2D eigenvalue weighted by molar-refractivity contribution is -0.136. The first-order valence-electron chi connectivity index (χ1n) is 13.2. The summed E-state index contributed by atoms with van der Waals surface area (Å²) in [5.41, 5.74) is 9.57. The Bertz CT molecular complexity index is 1410. The number of hydrogen-bond donors (Lipinski definition) is 0. The summed E-state index contributed by atoms with van der Waals surface area (Å²) in [5.74, 6) is 1.18. The molecule has 0 radical (unpaired) electrons. The molecule has 2 saturated heterocycles. The molecule has 188 valence electrons. The van der Waals surface area contributed by atoms with Gasteiger partial charge in [-0.25, -0.2) is 4.98 Å². The van der Waals surface area contributed by atoms with Crippen LogP contribution < -0.4 is 4.90 Å². The van der Waals surface area contributed by atoms with Crippen LogP contribution in [0.3, 0.4) is 0 Å². The molecule has 0 unspecified atom stereocenters. The first kappa shape index (κ1) is 23.3. The molecule has 1 amide bonds. The fraction of sp³-hybridized carbons (Fsp3) is 0.500. The zero-order valence-corrected chi connectivity index (χ0v) is 22.3. The van der Waals surface area contributed by atoms with Crippen molar-refractivity contribution >= 4 is 22.6 Å². The third-order valence-corrected chi connectivity index (χ3v) is 8.94. The average Bonchev–Trinajstić information content (AvgIpc) is 3.42. The lowest BCUT2D eigenvalue weighted by Crippen LogP contribution is -2.59. The second kappa shape index (κ2) is 7.92. The molecule has 0 saturated carbocycles. The molecule has 1 aromatic carbocycles. The SMILES string of the molecule is C=CC(=O)N1CC2(CCN(c3nc4c(c(-c5c(C)ccc6cnn(C)c56)c3C)CCC(C)(C)C4)C2)C1. The van der Waals surface area contributed by atoms with Gasteiger partial charge < -0.3 is 9.80 Å². The monoisotopic (exact) mass is 483 g/mol. The van der Waals surface area contributed by atoms with E-state index in [-0.39, 0.29) is 16.7 Å². The fourth-order valence-corrected chi connectivity index (χ4v) is 6.93. The Labute approximate surface area is 214 Å². The summed E-state index contributed by atoms with van der Waals surface area (Å²) in [6, 6.07) is 4.42. The highest BCUT2D eigenvalue weighted by atomic mass is 16.2. The molecule has 3 aliphatic rings. The van der Waals surface area contributed by atoms with Gasteiger partial charge in [0.25, 0.3) is 0 Å². The van der Waals surface area contributed by atoms with Crippen LogP contribution >= 0.6 is 0 Å². The minimum atomic E-state index is 0.0476. The maximum absolute atomic E-state index is 12.1. The molecule has 6 heteroatoms. The first-order valence-corrected chi connectivity index (χ1v) is 13.2. The zero-order chi connectivity index (χ0) is 25.4. The molecule has 3 aromatic rings. The number of aromatic nitrogens is 3. The largest absolute Gasteiger partial charge is 0.356 e. The van der Waals surface area contributed by atoms with Crippen molar-refractivity contribution in [2.45, 2.75) is 53.4 Å². The van der Waals surface area contributed by atoms with Crippen LogP contribution in [0.25, 0.3) is 22.0 Å². The molecule has 2 aromatic heterocycles. The van der Waals surface area contributed by atoms with Gasteiger partial charge in [-0.15, -0.1) is 0 Å². The van der Waals surface area contributed by atoms with E-state index in [0.717, 1.165) is 51.3 Å². The van der Waals surface area contributed by atoms with E-state index in [9.17, 15) is 4.79 Å². The van der Waals surface area contributed by atoms with Crippen LogP contribution in [0.1, 0.15) is 49.1 Å². The van der Waals surface area contributed by atoms with Gasteiger partial charge in [0, 0.05) is 55.3 Å². The topological polar surface area (TPSA) is 54.3 Å². The predicted molar refractivity (Wildman–Crippen MR) is 145 cm³/mol. The van der Waals surface area contributed by atoms with Gasteiger partial charge in [0.05, 0.1) is 11.7 Å². The van der Waals surface area contributed by atoms with E-state index in [1.165, 1.54) is 56.9 Å². The lowest BCUT2D eigenvalue weighted by Gasteiger charge is -2.47. The van der Waals surface area contributed by atoms with Crippen LogP contribution in [-0.4, -0.2) is 51.8 Å². The maximum Gasteiger partial charge on any atom is 0.245 e. The lowest BCUT2D eigenvalue weighted by atomic mass is 9.73. The average molecular weight is 484 g/mol. The van der Waals surface area contributed by atoms with E-state index in [4.69, 9.17) is 4.98 Å². The van der Waals surface area contributed by atoms with Crippen LogP contribution in [0.5, 0.6) is 0 Å². The van der Waals surface area contributed by atoms with E-state index in [1.807, 2.05) is 15.8 Å². The molecule has 4 heterocycles. The Hall–Kier alpha value is -3.15. The number of pyridine rings is 1. The molecule has 6 nitrogen and oxygen atoms in total. The number of rotatable bonds is 3. The van der Waals surface area contributed by atoms with Crippen molar-refractivity contribution in [1.82, 2.24) is 19.7 Å². The number of carbonyl (C=O) groups excluding carboxylic acids is 1. The second-order valence-corrected chi connectivity index (χ2v) is 12.2. The molecule has 1 spiro atoms. The minimum absolute atomic E-state index is 0.0476. The second-order valence-electron chi connectivity index (χ2n) is 12.2. The van der Waals surface area contributed by atoms with E-state index in [2.05, 4.69) is 63.5 Å². The summed E-state index contributed by atoms with van der Waals surface area (Å²) in [6.07, 6.45) is 7.75. The quantitative estimate of drug-likeness (QED) is 0.493. The summed E-state index contributed by atoms with van der Waals surface area (Å²) in [4.78, 5) is 21.9. The molecular formula is C30H37N5O. The minimum Gasteiger partial charge on any atom is -0.356 e. The van der Waals surface area contributed by atoms with Crippen LogP contribution in [0.4, 0.5) is 5.82 Å². The normalized spacial score (nSPS) is 20.0. The van der Waals surface area contributed by atoms with E-state index in [0.29, 0.717) is 0 Å². The Morgan fingerprint density at radius 2 is 1.89 bits per heavy atom. The van der Waals surface area contributed by atoms with Gasteiger partial charge in [0.15, 0.2) is 0 Å². The van der Waals surface area contributed by atoms with Crippen molar-refractivity contribution in [3.05, 3.63) is 53.4 Å². The van der Waals surface area contributed by atoms with Crippen LogP contribution in [0.2, 0.25) is 0 Å². The van der Waals surface area contributed by atoms with Crippen molar-refractivity contribution in [1.29, 1.82) is 0 Å². The molecule has 1 aliphatic carbocycles. The third kappa shape index (κ3) is 3.48. The van der Waals surface area contributed by atoms with E-state index >= 15 is 0 Å². The van der Waals surface area contributed by atoms with Crippen molar-refractivity contribution < 1.29 is 4.79 Å². The molecule has 36 heavy (non-hydrogen) atoms. The number of benzene rings is 1. The number of hydrogen-bond acceptors (Lipinski definition) is 4. The Morgan fingerprint density at radius 1 is 1.11 bits per heavy atom. The fourth-order valence-electron chi connectivity index (χ4n) is 6.93. The third-order valence-electron chi connectivity index (χ3n) is 8.94. The van der Waals surface area contributed by atoms with Gasteiger partial charge in [0.2, 0.25) is 5.91 Å². The van der Waals surface area contributed by atoms with Crippen molar-refractivity contribution in [2.24, 2.45) is 17.9 Å². The number of carbonyl (C=O) groups is 1. The number of fused-ring (bicyclic) bond motifs is 2. The van der Waals surface area contributed by atoms with Crippen LogP contribution in [0.15, 0.2) is 31.0 Å². The molecule has 6 rings (SSSR count). The number of likely N-dealkylation sites (tertiary alicyclic amines) is 1. The van der Waals surface area contributed by atoms with Gasteiger partial charge >= 0.3 is 0 Å². The van der Waals surface area contributed by atoms with Crippen molar-refractivity contribution in [3.8, 4) is 11.1 Å². The standard InChI is InChI=1S/C30H37N5O/c1-7-24(36)35-17-30(18-35)12-13-34(16-30)28-20(3)26(22-10-11-29(4,5)14-23(22)32-28)25-19(2)8-9-21-15-31-33(6)27(21)25/h7-9,15H,1,10-14,16-18H2,2-6H3. The highest BCUT2D eigenvalue weighted by molar-refractivity contribution is 5.98. The summed E-state index contributed by atoms with van der Waals surface area (Å²) < 4.78 is 2.03. The Kier molecular flexibility index (Phi) is 5.12. The molecule has 0 N–H and O–H groups in total. The number of aryl methyl sites for hydroxylation is 2. The molecule has 0 atom stereocenters. The highest BCUT2D eigenvalue weighted by Gasteiger charge is 2.49. The zero-order valence-electron chi connectivity index (χ0n) is 22.3. The smallest absolute Gasteiger partial charge is 0.245 e. The summed E-state index contributed by atoms with van der Waals surface area (Å²) in [6.45, 7) is 16.5. The maximum atomic E-state index is 12.1. The van der Waals surface area contributed by atoms with Gasteiger partial charge in [-0.05, 0) is 73.3 Å². The van der Waals surface area contributed by atoms with Gasteiger partial charge in [-0.2, -0.15) is 5.10 Å². The van der Waals surface area contributed by atoms with E-state index < -0.39 is 0 Å². The number of nitrogens with zero attached hydrogens (tertiary/aromatic N) is 5. The van der Waals surface area contributed by atoms with Gasteiger partial charge in [0.1, 0.15) is 5.82 Å². The molecule has 0 bridgehead atoms. The number of anilines is 1. The van der Waals surface area contributed by atoms with Gasteiger partial charge in [-0.1, -0.05) is 32.6 Å². The van der Waals surface area contributed by atoms with Crippen LogP contribution in [0, 0.1) is 24.7 Å². The Morgan fingerprint density at radius 3 is 2.64 bits per heavy atom. The summed E-state index contributed by atoms with van der Waals surface area (Å²) in [5, 5.41) is 5.79. The first-order chi connectivity index (χ1) is 17.1. The summed E-state index contributed by atoms with van der Waals surface area (Å²) in [7, 11) is 2.05. The molecule has 2 aliphatic heterocycles. The summed E-state index contributed by atoms with van der Waals surface area (Å²) >= 11 is 0. The highest BCUT2D eigenvalue weighted by Crippen LogP contribution is 2.47. The predicted octanol–water partition coefficient (Wildman–Crippen LogP) is 4.99. The Balaban J connectivity index is 1.48. The van der Waals surface area contributed by atoms with Crippen molar-refractivity contribution in [3.63, 3.8) is 0 Å². The number of amides is 1. The van der Waals surface area contributed by atoms with Crippen LogP contribution in [-0.2, 0) is 24.7 Å². The van der Waals surface area contributed by atoms with Crippen molar-refractivity contribution in [2.75, 3.05) is 31.1 Å². The molecule has 2 fully saturated rings. The van der Waals surface area contributed by atoms with Gasteiger partial charge in [-0.3, -0.25) is 9.48 Å². The molecular weight excluding hydrogens is 446 g/mol. The van der Waals surface area contributed by atoms with E-state index in [1.54, 1.807) is 0 Å².